The van der Waals surface area contributed by atoms with Crippen LogP contribution in [-0.4, -0.2) is 13.4 Å². The Morgan fingerprint density at radius 1 is 1.19 bits per heavy atom. The Kier molecular flexibility index (Phi) is 4.11. The molecule has 0 spiro atoms. The van der Waals surface area contributed by atoms with E-state index in [9.17, 15) is 8.42 Å². The van der Waals surface area contributed by atoms with E-state index >= 15 is 0 Å². The summed E-state index contributed by atoms with van der Waals surface area (Å²) in [7, 11) is -3.76. The zero-order valence-corrected chi connectivity index (χ0v) is 13.5. The first kappa shape index (κ1) is 15.6. The van der Waals surface area contributed by atoms with E-state index in [0.717, 1.165) is 5.69 Å². The molecule has 2 aromatic rings. The minimum Gasteiger partial charge on any atom is -0.398 e. The summed E-state index contributed by atoms with van der Waals surface area (Å²) in [5, 5.41) is 0.314. The van der Waals surface area contributed by atoms with Gasteiger partial charge in [-0.2, -0.15) is 0 Å². The van der Waals surface area contributed by atoms with Gasteiger partial charge in [-0.1, -0.05) is 11.6 Å². The number of hydrogen-bond donors (Lipinski definition) is 2. The summed E-state index contributed by atoms with van der Waals surface area (Å²) < 4.78 is 27.3. The van der Waals surface area contributed by atoms with Gasteiger partial charge in [-0.15, -0.1) is 0 Å². The van der Waals surface area contributed by atoms with Crippen molar-refractivity contribution in [1.29, 1.82) is 0 Å². The minimum absolute atomic E-state index is 0.0237. The fraction of sp³-hybridized carbons (Fsp3) is 0.214. The quantitative estimate of drug-likeness (QED) is 0.849. The van der Waals surface area contributed by atoms with Crippen LogP contribution >= 0.6 is 11.6 Å². The third-order valence-electron chi connectivity index (χ3n) is 3.14. The third-order valence-corrected chi connectivity index (χ3v) is 4.88. The fourth-order valence-electron chi connectivity index (χ4n) is 1.83. The Hall–Kier alpha value is -1.79. The molecule has 1 aromatic carbocycles. The molecule has 0 saturated heterocycles. The van der Waals surface area contributed by atoms with Crippen molar-refractivity contribution in [2.75, 3.05) is 10.5 Å². The summed E-state index contributed by atoms with van der Waals surface area (Å²) in [6, 6.07) is 6.18. The summed E-state index contributed by atoms with van der Waals surface area (Å²) in [5.74, 6) is 0. The molecule has 7 heteroatoms. The maximum absolute atomic E-state index is 12.4. The van der Waals surface area contributed by atoms with Crippen LogP contribution in [-0.2, 0) is 10.0 Å². The molecular formula is C14H16ClN3O2S. The number of nitrogens with zero attached hydrogens (tertiary/aromatic N) is 1. The van der Waals surface area contributed by atoms with Crippen molar-refractivity contribution >= 4 is 33.0 Å². The number of aryl methyl sites for hydroxylation is 2. The molecule has 0 aliphatic carbocycles. The molecule has 21 heavy (non-hydrogen) atoms. The van der Waals surface area contributed by atoms with E-state index in [1.165, 1.54) is 12.1 Å². The van der Waals surface area contributed by atoms with Gasteiger partial charge >= 0.3 is 0 Å². The molecule has 1 heterocycles. The van der Waals surface area contributed by atoms with Crippen molar-refractivity contribution in [2.24, 2.45) is 0 Å². The smallest absolute Gasteiger partial charge is 0.262 e. The third kappa shape index (κ3) is 3.28. The van der Waals surface area contributed by atoms with Crippen LogP contribution in [0.2, 0.25) is 5.02 Å². The minimum atomic E-state index is -3.76. The van der Waals surface area contributed by atoms with Crippen LogP contribution in [0.15, 0.2) is 29.2 Å². The molecule has 0 atom stereocenters. The van der Waals surface area contributed by atoms with Crippen LogP contribution in [0.5, 0.6) is 0 Å². The lowest BCUT2D eigenvalue weighted by Crippen LogP contribution is -2.15. The Labute approximate surface area is 129 Å². The summed E-state index contributed by atoms with van der Waals surface area (Å²) in [5.41, 5.74) is 8.61. The first-order valence-electron chi connectivity index (χ1n) is 6.23. The molecule has 0 saturated carbocycles. The predicted octanol–water partition coefficient (Wildman–Crippen LogP) is 3.04. The van der Waals surface area contributed by atoms with Crippen molar-refractivity contribution < 1.29 is 8.42 Å². The van der Waals surface area contributed by atoms with Crippen LogP contribution < -0.4 is 10.5 Å². The molecule has 0 unspecified atom stereocenters. The first-order valence-corrected chi connectivity index (χ1v) is 8.09. The maximum Gasteiger partial charge on any atom is 0.262 e. The molecule has 0 aliphatic heterocycles. The second-order valence-corrected chi connectivity index (χ2v) is 6.90. The van der Waals surface area contributed by atoms with E-state index in [1.807, 2.05) is 6.92 Å². The molecule has 3 N–H and O–H groups in total. The second kappa shape index (κ2) is 5.54. The number of hydrogen-bond acceptors (Lipinski definition) is 4. The number of rotatable bonds is 3. The van der Waals surface area contributed by atoms with Crippen LogP contribution in [0.4, 0.5) is 11.4 Å². The Morgan fingerprint density at radius 2 is 1.86 bits per heavy atom. The number of nitrogen functional groups attached to an aromatic ring is 1. The van der Waals surface area contributed by atoms with Gasteiger partial charge in [-0.25, -0.2) is 8.42 Å². The van der Waals surface area contributed by atoms with Crippen molar-refractivity contribution in [3.05, 3.63) is 46.2 Å². The van der Waals surface area contributed by atoms with Gasteiger partial charge < -0.3 is 5.73 Å². The number of pyridine rings is 1. The lowest BCUT2D eigenvalue weighted by molar-refractivity contribution is 0.601. The molecule has 2 rings (SSSR count). The molecule has 0 fully saturated rings. The number of anilines is 2. The first-order chi connectivity index (χ1) is 9.70. The highest BCUT2D eigenvalue weighted by atomic mass is 35.5. The number of nitrogens with two attached hydrogens (primary N) is 1. The summed E-state index contributed by atoms with van der Waals surface area (Å²) in [6.45, 7) is 5.31. The van der Waals surface area contributed by atoms with Crippen LogP contribution in [0.3, 0.4) is 0 Å². The van der Waals surface area contributed by atoms with E-state index in [0.29, 0.717) is 27.7 Å². The van der Waals surface area contributed by atoms with Gasteiger partial charge in [0.1, 0.15) is 0 Å². The topological polar surface area (TPSA) is 85.1 Å². The highest BCUT2D eigenvalue weighted by molar-refractivity contribution is 7.92. The number of halogens is 1. The molecule has 112 valence electrons. The van der Waals surface area contributed by atoms with Gasteiger partial charge in [-0.3, -0.25) is 9.71 Å². The Balaban J connectivity index is 2.43. The van der Waals surface area contributed by atoms with E-state index < -0.39 is 10.0 Å². The SMILES string of the molecule is Cc1ccc(NS(=O)(=O)c2cc(N)c(C)c(Cl)c2)c(C)n1. The zero-order valence-electron chi connectivity index (χ0n) is 11.9. The predicted molar refractivity (Wildman–Crippen MR) is 85.1 cm³/mol. The van der Waals surface area contributed by atoms with Crippen molar-refractivity contribution in [3.8, 4) is 0 Å². The molecular weight excluding hydrogens is 310 g/mol. The van der Waals surface area contributed by atoms with Crippen molar-refractivity contribution in [2.45, 2.75) is 25.7 Å². The molecule has 0 amide bonds. The molecule has 0 bridgehead atoms. The van der Waals surface area contributed by atoms with Crippen LogP contribution in [0.25, 0.3) is 0 Å². The van der Waals surface area contributed by atoms with Gasteiger partial charge in [-0.05, 0) is 50.6 Å². The standard InChI is InChI=1S/C14H16ClN3O2S/c1-8-4-5-14(10(3)17-8)18-21(19,20)11-6-12(15)9(2)13(16)7-11/h4-7,18H,16H2,1-3H3. The van der Waals surface area contributed by atoms with Crippen LogP contribution in [0.1, 0.15) is 17.0 Å². The fourth-order valence-corrected chi connectivity index (χ4v) is 3.30. The van der Waals surface area contributed by atoms with E-state index in [1.54, 1.807) is 26.0 Å². The highest BCUT2D eigenvalue weighted by Gasteiger charge is 2.18. The monoisotopic (exact) mass is 325 g/mol. The highest BCUT2D eigenvalue weighted by Crippen LogP contribution is 2.27. The maximum atomic E-state index is 12.4. The second-order valence-electron chi connectivity index (χ2n) is 4.81. The van der Waals surface area contributed by atoms with E-state index in [4.69, 9.17) is 17.3 Å². The number of nitrogens with one attached hydrogen (secondary N) is 1. The molecule has 0 radical (unpaired) electrons. The Morgan fingerprint density at radius 3 is 2.43 bits per heavy atom. The van der Waals surface area contributed by atoms with E-state index in [-0.39, 0.29) is 4.90 Å². The molecule has 5 nitrogen and oxygen atoms in total. The molecule has 0 aliphatic rings. The summed E-state index contributed by atoms with van der Waals surface area (Å²) >= 11 is 6.00. The average molecular weight is 326 g/mol. The van der Waals surface area contributed by atoms with Gasteiger partial charge in [0.2, 0.25) is 0 Å². The van der Waals surface area contributed by atoms with Gasteiger partial charge in [0.05, 0.1) is 16.3 Å². The number of aromatic nitrogens is 1. The zero-order chi connectivity index (χ0) is 15.8. The number of sulfonamides is 1. The average Bonchev–Trinajstić information content (AvgIpc) is 2.38. The van der Waals surface area contributed by atoms with Crippen molar-refractivity contribution in [1.82, 2.24) is 4.98 Å². The normalized spacial score (nSPS) is 11.4. The lowest BCUT2D eigenvalue weighted by Gasteiger charge is -2.12. The summed E-state index contributed by atoms with van der Waals surface area (Å²) in [4.78, 5) is 4.25. The van der Waals surface area contributed by atoms with Crippen LogP contribution in [0, 0.1) is 20.8 Å². The Bertz CT molecular complexity index is 781. The van der Waals surface area contributed by atoms with Gasteiger partial charge in [0.15, 0.2) is 0 Å². The van der Waals surface area contributed by atoms with E-state index in [2.05, 4.69) is 9.71 Å². The van der Waals surface area contributed by atoms with Gasteiger partial charge in [0.25, 0.3) is 10.0 Å². The summed E-state index contributed by atoms with van der Waals surface area (Å²) in [6.07, 6.45) is 0. The largest absolute Gasteiger partial charge is 0.398 e. The van der Waals surface area contributed by atoms with Gasteiger partial charge in [0, 0.05) is 16.4 Å². The molecule has 1 aromatic heterocycles. The van der Waals surface area contributed by atoms with Crippen molar-refractivity contribution in [3.63, 3.8) is 0 Å². The number of benzene rings is 1. The lowest BCUT2D eigenvalue weighted by atomic mass is 10.2.